The number of pyridine rings is 1. The number of rotatable bonds is 6. The summed E-state index contributed by atoms with van der Waals surface area (Å²) in [5, 5.41) is 13.4. The average Bonchev–Trinajstić information content (AvgIpc) is 2.75. The summed E-state index contributed by atoms with van der Waals surface area (Å²) < 4.78 is 19.0. The van der Waals surface area contributed by atoms with Gasteiger partial charge in [-0.25, -0.2) is 4.39 Å². The first kappa shape index (κ1) is 22.1. The lowest BCUT2D eigenvalue weighted by atomic mass is 10.0. The summed E-state index contributed by atoms with van der Waals surface area (Å²) in [4.78, 5) is 17.6. The van der Waals surface area contributed by atoms with Crippen molar-refractivity contribution < 1.29 is 13.9 Å². The van der Waals surface area contributed by atoms with E-state index in [1.165, 1.54) is 35.4 Å². The number of likely N-dealkylation sites (N-methyl/N-ethyl adjacent to an activating group) is 1. The van der Waals surface area contributed by atoms with Gasteiger partial charge in [0.05, 0.1) is 28.9 Å². The Labute approximate surface area is 184 Å². The maximum Gasteiger partial charge on any atom is 0.245 e. The van der Waals surface area contributed by atoms with E-state index in [1.54, 1.807) is 33.3 Å². The molecule has 1 amide bonds. The molecule has 0 aliphatic heterocycles. The van der Waals surface area contributed by atoms with Crippen LogP contribution in [0.5, 0.6) is 5.75 Å². The molecule has 1 N–H and O–H groups in total. The zero-order chi connectivity index (χ0) is 22.5. The van der Waals surface area contributed by atoms with Crippen molar-refractivity contribution >= 4 is 39.8 Å². The van der Waals surface area contributed by atoms with Crippen LogP contribution >= 0.6 is 11.6 Å². The number of hydrogen-bond donors (Lipinski definition) is 1. The first-order valence-electron chi connectivity index (χ1n) is 9.33. The van der Waals surface area contributed by atoms with Gasteiger partial charge in [-0.05, 0) is 42.3 Å². The molecule has 8 heteroatoms. The number of halogens is 2. The van der Waals surface area contributed by atoms with E-state index in [1.807, 2.05) is 6.07 Å². The molecule has 3 aromatic rings. The van der Waals surface area contributed by atoms with E-state index in [0.717, 1.165) is 5.56 Å². The molecule has 0 radical (unpaired) electrons. The van der Waals surface area contributed by atoms with E-state index in [9.17, 15) is 14.4 Å². The van der Waals surface area contributed by atoms with Crippen LogP contribution in [0.3, 0.4) is 0 Å². The third kappa shape index (κ3) is 4.93. The van der Waals surface area contributed by atoms with Crippen molar-refractivity contribution in [2.24, 2.45) is 0 Å². The molecule has 0 bridgehead atoms. The van der Waals surface area contributed by atoms with Gasteiger partial charge in [-0.15, -0.1) is 0 Å². The highest BCUT2D eigenvalue weighted by atomic mass is 35.5. The smallest absolute Gasteiger partial charge is 0.245 e. The van der Waals surface area contributed by atoms with Gasteiger partial charge in [0, 0.05) is 37.4 Å². The van der Waals surface area contributed by atoms with Crippen LogP contribution in [0, 0.1) is 17.1 Å². The van der Waals surface area contributed by atoms with Crippen LogP contribution in [0.2, 0.25) is 5.02 Å². The van der Waals surface area contributed by atoms with Crippen LogP contribution < -0.4 is 10.1 Å². The Kier molecular flexibility index (Phi) is 6.73. The molecular weight excluding hydrogens is 419 g/mol. The molecule has 31 heavy (non-hydrogen) atoms. The van der Waals surface area contributed by atoms with Crippen molar-refractivity contribution in [1.29, 1.82) is 5.26 Å². The second-order valence-electron chi connectivity index (χ2n) is 6.93. The Morgan fingerprint density at radius 2 is 2.13 bits per heavy atom. The topological polar surface area (TPSA) is 78.2 Å². The summed E-state index contributed by atoms with van der Waals surface area (Å²) in [6.07, 6.45) is 5.15. The van der Waals surface area contributed by atoms with Crippen molar-refractivity contribution in [2.75, 3.05) is 26.5 Å². The van der Waals surface area contributed by atoms with E-state index >= 15 is 0 Å². The second kappa shape index (κ2) is 9.45. The highest BCUT2D eigenvalue weighted by molar-refractivity contribution is 6.31. The van der Waals surface area contributed by atoms with E-state index in [4.69, 9.17) is 16.3 Å². The highest BCUT2D eigenvalue weighted by Crippen LogP contribution is 2.34. The molecule has 0 saturated heterocycles. The number of methoxy groups -OCH3 is 1. The minimum absolute atomic E-state index is 0.0278. The average molecular weight is 439 g/mol. The van der Waals surface area contributed by atoms with Crippen molar-refractivity contribution in [3.05, 3.63) is 70.6 Å². The van der Waals surface area contributed by atoms with Gasteiger partial charge in [-0.1, -0.05) is 17.7 Å². The number of nitriles is 1. The van der Waals surface area contributed by atoms with Crippen molar-refractivity contribution in [3.63, 3.8) is 0 Å². The molecule has 0 spiro atoms. The number of aromatic nitrogens is 1. The van der Waals surface area contributed by atoms with Crippen LogP contribution in [-0.4, -0.2) is 37.0 Å². The molecule has 2 aromatic carbocycles. The Bertz CT molecular complexity index is 1220. The predicted molar refractivity (Wildman–Crippen MR) is 119 cm³/mol. The largest absolute Gasteiger partial charge is 0.496 e. The van der Waals surface area contributed by atoms with Gasteiger partial charge in [-0.3, -0.25) is 9.78 Å². The lowest BCUT2D eigenvalue weighted by Gasteiger charge is -2.15. The molecule has 0 atom stereocenters. The zero-order valence-corrected chi connectivity index (χ0v) is 18.0. The third-order valence-corrected chi connectivity index (χ3v) is 4.91. The number of amides is 1. The number of benzene rings is 2. The molecule has 0 unspecified atom stereocenters. The fourth-order valence-corrected chi connectivity index (χ4v) is 3.17. The van der Waals surface area contributed by atoms with Gasteiger partial charge in [0.2, 0.25) is 5.91 Å². The minimum atomic E-state index is -0.529. The minimum Gasteiger partial charge on any atom is -0.496 e. The second-order valence-corrected chi connectivity index (χ2v) is 7.34. The molecule has 3 rings (SSSR count). The number of hydrogen-bond acceptors (Lipinski definition) is 5. The van der Waals surface area contributed by atoms with Crippen LogP contribution in [0.15, 0.2) is 48.7 Å². The predicted octanol–water partition coefficient (Wildman–Crippen LogP) is 4.84. The Hall–Kier alpha value is -3.63. The fourth-order valence-electron chi connectivity index (χ4n) is 2.99. The molecule has 0 aliphatic carbocycles. The molecular formula is C23H20ClFN4O2. The molecule has 1 heterocycles. The van der Waals surface area contributed by atoms with Gasteiger partial charge < -0.3 is 15.0 Å². The van der Waals surface area contributed by atoms with Crippen LogP contribution in [0.25, 0.3) is 10.9 Å². The highest BCUT2D eigenvalue weighted by Gasteiger charge is 2.14. The number of carbonyl (C=O) groups is 1. The normalized spacial score (nSPS) is 10.8. The Morgan fingerprint density at radius 1 is 1.35 bits per heavy atom. The van der Waals surface area contributed by atoms with E-state index in [0.29, 0.717) is 40.0 Å². The van der Waals surface area contributed by atoms with Gasteiger partial charge in [0.1, 0.15) is 17.6 Å². The monoisotopic (exact) mass is 438 g/mol. The molecule has 6 nitrogen and oxygen atoms in total. The number of anilines is 2. The standard InChI is InChI=1S/C23H20ClFN4O2/c1-29(2)22(30)6-4-5-14-9-17-20(11-21(14)31-3)27-13-15(12-26)23(17)28-16-7-8-19(25)18(24)10-16/h4,6-11,13H,5H2,1-3H3,(H,27,28)/b6-4+. The lowest BCUT2D eigenvalue weighted by molar-refractivity contribution is -0.123. The number of nitrogens with one attached hydrogen (secondary N) is 1. The van der Waals surface area contributed by atoms with Crippen LogP contribution in [0.1, 0.15) is 11.1 Å². The molecule has 0 aliphatic rings. The Morgan fingerprint density at radius 3 is 2.77 bits per heavy atom. The molecule has 158 valence electrons. The summed E-state index contributed by atoms with van der Waals surface area (Å²) in [6, 6.07) is 10.00. The molecule has 0 fully saturated rings. The summed E-state index contributed by atoms with van der Waals surface area (Å²) in [5.74, 6) is -0.0374. The van der Waals surface area contributed by atoms with Gasteiger partial charge in [-0.2, -0.15) is 5.26 Å². The molecule has 0 saturated carbocycles. The van der Waals surface area contributed by atoms with Gasteiger partial charge in [0.15, 0.2) is 0 Å². The van der Waals surface area contributed by atoms with E-state index in [2.05, 4.69) is 16.4 Å². The zero-order valence-electron chi connectivity index (χ0n) is 17.2. The number of fused-ring (bicyclic) bond motifs is 1. The fraction of sp³-hybridized carbons (Fsp3) is 0.174. The summed E-state index contributed by atoms with van der Waals surface area (Å²) >= 11 is 5.89. The van der Waals surface area contributed by atoms with Crippen molar-refractivity contribution in [3.8, 4) is 11.8 Å². The maximum absolute atomic E-state index is 13.5. The summed E-state index contributed by atoms with van der Waals surface area (Å²) in [6.45, 7) is 0. The summed E-state index contributed by atoms with van der Waals surface area (Å²) in [5.41, 5.74) is 2.80. The quantitative estimate of drug-likeness (QED) is 0.557. The number of ether oxygens (including phenoxy) is 1. The SMILES string of the molecule is COc1cc2ncc(C#N)c(Nc3ccc(F)c(Cl)c3)c2cc1C/C=C/C(=O)N(C)C. The first-order chi connectivity index (χ1) is 14.8. The van der Waals surface area contributed by atoms with Gasteiger partial charge in [0.25, 0.3) is 0 Å². The van der Waals surface area contributed by atoms with Crippen LogP contribution in [0.4, 0.5) is 15.8 Å². The summed E-state index contributed by atoms with van der Waals surface area (Å²) in [7, 11) is 4.92. The number of carbonyl (C=O) groups excluding carboxylic acids is 1. The maximum atomic E-state index is 13.5. The van der Waals surface area contributed by atoms with Crippen molar-refractivity contribution in [2.45, 2.75) is 6.42 Å². The van der Waals surface area contributed by atoms with Crippen LogP contribution in [-0.2, 0) is 11.2 Å². The number of allylic oxidation sites excluding steroid dienone is 1. The molecule has 1 aromatic heterocycles. The Balaban J connectivity index is 2.08. The lowest BCUT2D eigenvalue weighted by Crippen LogP contribution is -2.18. The first-order valence-corrected chi connectivity index (χ1v) is 9.71. The van der Waals surface area contributed by atoms with E-state index in [-0.39, 0.29) is 10.9 Å². The van der Waals surface area contributed by atoms with E-state index < -0.39 is 5.82 Å². The number of nitrogens with zero attached hydrogens (tertiary/aromatic N) is 3. The van der Waals surface area contributed by atoms with Gasteiger partial charge >= 0.3 is 0 Å². The third-order valence-electron chi connectivity index (χ3n) is 4.62. The van der Waals surface area contributed by atoms with Crippen molar-refractivity contribution in [1.82, 2.24) is 9.88 Å².